The Morgan fingerprint density at radius 3 is 2.15 bits per heavy atom. The standard InChI is InChI=1S/C21H17N3O2/c1-14-12-16(13-18-20(25)23-21(26)22-18)19(15-8-4-2-5-9-15)24(14)17-10-6-3-7-11-17/h2-13H,1H3,(H2,22,23,25,26). The van der Waals surface area contributed by atoms with Gasteiger partial charge in [-0.25, -0.2) is 4.79 Å². The zero-order valence-electron chi connectivity index (χ0n) is 14.2. The van der Waals surface area contributed by atoms with Crippen LogP contribution in [0.5, 0.6) is 0 Å². The Balaban J connectivity index is 1.94. The minimum Gasteiger partial charge on any atom is -0.313 e. The molecular formula is C21H17N3O2. The maximum Gasteiger partial charge on any atom is 0.326 e. The molecule has 1 aromatic heterocycles. The molecule has 3 amide bonds. The number of aryl methyl sites for hydroxylation is 1. The number of urea groups is 1. The van der Waals surface area contributed by atoms with Crippen LogP contribution in [0.4, 0.5) is 4.79 Å². The van der Waals surface area contributed by atoms with Crippen molar-refractivity contribution in [3.05, 3.63) is 83.7 Å². The van der Waals surface area contributed by atoms with E-state index in [0.29, 0.717) is 0 Å². The SMILES string of the molecule is Cc1cc(C=C2NC(=O)NC2=O)c(-c2ccccc2)n1-c1ccccc1. The number of aromatic nitrogens is 1. The van der Waals surface area contributed by atoms with Crippen LogP contribution in [0, 0.1) is 6.92 Å². The molecule has 0 aliphatic carbocycles. The number of rotatable bonds is 3. The van der Waals surface area contributed by atoms with Crippen molar-refractivity contribution in [3.63, 3.8) is 0 Å². The number of benzene rings is 2. The van der Waals surface area contributed by atoms with Gasteiger partial charge in [-0.15, -0.1) is 0 Å². The van der Waals surface area contributed by atoms with E-state index in [1.54, 1.807) is 6.08 Å². The fourth-order valence-electron chi connectivity index (χ4n) is 3.21. The highest BCUT2D eigenvalue weighted by Gasteiger charge is 2.24. The number of nitrogens with one attached hydrogen (secondary N) is 2. The molecule has 1 saturated heterocycles. The molecule has 2 aromatic carbocycles. The molecule has 0 saturated carbocycles. The Labute approximate surface area is 151 Å². The summed E-state index contributed by atoms with van der Waals surface area (Å²) < 4.78 is 2.15. The van der Waals surface area contributed by atoms with Gasteiger partial charge in [-0.2, -0.15) is 0 Å². The fraction of sp³-hybridized carbons (Fsp3) is 0.0476. The van der Waals surface area contributed by atoms with E-state index in [-0.39, 0.29) is 5.70 Å². The molecule has 1 aliphatic heterocycles. The average Bonchev–Trinajstić information content (AvgIpc) is 3.15. The molecule has 2 N–H and O–H groups in total. The van der Waals surface area contributed by atoms with Gasteiger partial charge in [0.25, 0.3) is 5.91 Å². The first-order valence-corrected chi connectivity index (χ1v) is 8.31. The second-order valence-electron chi connectivity index (χ2n) is 6.09. The highest BCUT2D eigenvalue weighted by molar-refractivity contribution is 6.14. The van der Waals surface area contributed by atoms with E-state index < -0.39 is 11.9 Å². The summed E-state index contributed by atoms with van der Waals surface area (Å²) >= 11 is 0. The van der Waals surface area contributed by atoms with Crippen molar-refractivity contribution in [1.29, 1.82) is 0 Å². The third kappa shape index (κ3) is 2.80. The molecule has 2 heterocycles. The fourth-order valence-corrected chi connectivity index (χ4v) is 3.21. The zero-order valence-corrected chi connectivity index (χ0v) is 14.2. The first-order valence-electron chi connectivity index (χ1n) is 8.31. The number of hydrogen-bond acceptors (Lipinski definition) is 2. The number of hydrogen-bond donors (Lipinski definition) is 2. The van der Waals surface area contributed by atoms with E-state index in [1.165, 1.54) is 0 Å². The summed E-state index contributed by atoms with van der Waals surface area (Å²) in [6, 6.07) is 21.6. The predicted octanol–water partition coefficient (Wildman–Crippen LogP) is 3.63. The largest absolute Gasteiger partial charge is 0.326 e. The first kappa shape index (κ1) is 15.9. The summed E-state index contributed by atoms with van der Waals surface area (Å²) in [5.74, 6) is -0.417. The van der Waals surface area contributed by atoms with Crippen LogP contribution in [-0.2, 0) is 4.79 Å². The summed E-state index contributed by atoms with van der Waals surface area (Å²) in [6.45, 7) is 2.02. The molecule has 26 heavy (non-hydrogen) atoms. The second kappa shape index (κ2) is 6.37. The number of carbonyl (C=O) groups is 2. The van der Waals surface area contributed by atoms with Gasteiger partial charge < -0.3 is 9.88 Å². The molecule has 5 nitrogen and oxygen atoms in total. The van der Waals surface area contributed by atoms with E-state index in [2.05, 4.69) is 15.2 Å². The summed E-state index contributed by atoms with van der Waals surface area (Å²) in [4.78, 5) is 23.3. The lowest BCUT2D eigenvalue weighted by molar-refractivity contribution is -0.115. The van der Waals surface area contributed by atoms with Gasteiger partial charge in [-0.1, -0.05) is 48.5 Å². The minimum absolute atomic E-state index is 0.248. The molecular weight excluding hydrogens is 326 g/mol. The van der Waals surface area contributed by atoms with Gasteiger partial charge in [0.15, 0.2) is 0 Å². The maximum absolute atomic E-state index is 11.9. The molecule has 0 atom stereocenters. The summed E-state index contributed by atoms with van der Waals surface area (Å²) in [7, 11) is 0. The number of amides is 3. The third-order valence-corrected chi connectivity index (χ3v) is 4.30. The van der Waals surface area contributed by atoms with Crippen LogP contribution >= 0.6 is 0 Å². The van der Waals surface area contributed by atoms with E-state index in [4.69, 9.17) is 0 Å². The normalized spacial score (nSPS) is 15.2. The molecule has 0 bridgehead atoms. The van der Waals surface area contributed by atoms with Gasteiger partial charge in [0.05, 0.1) is 5.69 Å². The van der Waals surface area contributed by atoms with Crippen molar-refractivity contribution in [2.24, 2.45) is 0 Å². The minimum atomic E-state index is -0.498. The van der Waals surface area contributed by atoms with Crippen LogP contribution in [0.25, 0.3) is 23.0 Å². The van der Waals surface area contributed by atoms with Crippen molar-refractivity contribution in [3.8, 4) is 16.9 Å². The lowest BCUT2D eigenvalue weighted by atomic mass is 10.1. The Morgan fingerprint density at radius 2 is 1.54 bits per heavy atom. The zero-order chi connectivity index (χ0) is 18.1. The van der Waals surface area contributed by atoms with Gasteiger partial charge >= 0.3 is 6.03 Å². The van der Waals surface area contributed by atoms with Gasteiger partial charge in [-0.3, -0.25) is 10.1 Å². The molecule has 4 rings (SSSR count). The van der Waals surface area contributed by atoms with Crippen LogP contribution in [0.3, 0.4) is 0 Å². The average molecular weight is 343 g/mol. The van der Waals surface area contributed by atoms with E-state index in [9.17, 15) is 9.59 Å². The second-order valence-corrected chi connectivity index (χ2v) is 6.09. The Morgan fingerprint density at radius 1 is 0.885 bits per heavy atom. The van der Waals surface area contributed by atoms with Crippen molar-refractivity contribution in [2.45, 2.75) is 6.92 Å². The number of imide groups is 1. The Bertz CT molecular complexity index is 1020. The molecule has 5 heteroatoms. The van der Waals surface area contributed by atoms with Crippen molar-refractivity contribution < 1.29 is 9.59 Å². The Kier molecular flexibility index (Phi) is 3.89. The molecule has 0 radical (unpaired) electrons. The lowest BCUT2D eigenvalue weighted by Crippen LogP contribution is -2.22. The van der Waals surface area contributed by atoms with Crippen molar-refractivity contribution >= 4 is 18.0 Å². The van der Waals surface area contributed by atoms with Gasteiger partial charge in [0.1, 0.15) is 5.70 Å². The highest BCUT2D eigenvalue weighted by atomic mass is 16.2. The van der Waals surface area contributed by atoms with Gasteiger partial charge in [0.2, 0.25) is 0 Å². The molecule has 1 fully saturated rings. The summed E-state index contributed by atoms with van der Waals surface area (Å²) in [6.07, 6.45) is 1.72. The van der Waals surface area contributed by atoms with E-state index in [0.717, 1.165) is 28.2 Å². The molecule has 128 valence electrons. The third-order valence-electron chi connectivity index (χ3n) is 4.30. The van der Waals surface area contributed by atoms with Crippen LogP contribution in [0.1, 0.15) is 11.3 Å². The Hall–Kier alpha value is -3.60. The van der Waals surface area contributed by atoms with Crippen molar-refractivity contribution in [1.82, 2.24) is 15.2 Å². The topological polar surface area (TPSA) is 63.1 Å². The lowest BCUT2D eigenvalue weighted by Gasteiger charge is -2.13. The number of nitrogens with zero attached hydrogens (tertiary/aromatic N) is 1. The number of para-hydroxylation sites is 1. The molecule has 1 aliphatic rings. The van der Waals surface area contributed by atoms with Crippen LogP contribution in [-0.4, -0.2) is 16.5 Å². The smallest absolute Gasteiger partial charge is 0.313 e. The number of carbonyl (C=O) groups excluding carboxylic acids is 2. The predicted molar refractivity (Wildman–Crippen MR) is 101 cm³/mol. The maximum atomic E-state index is 11.9. The summed E-state index contributed by atoms with van der Waals surface area (Å²) in [5, 5.41) is 4.79. The molecule has 0 unspecified atom stereocenters. The van der Waals surface area contributed by atoms with Crippen molar-refractivity contribution in [2.75, 3.05) is 0 Å². The first-order chi connectivity index (χ1) is 12.6. The van der Waals surface area contributed by atoms with Gasteiger partial charge in [0, 0.05) is 16.9 Å². The van der Waals surface area contributed by atoms with Gasteiger partial charge in [-0.05, 0) is 36.8 Å². The summed E-state index contributed by atoms with van der Waals surface area (Å²) in [5.41, 5.74) is 5.18. The van der Waals surface area contributed by atoms with E-state index in [1.807, 2.05) is 73.7 Å². The molecule has 0 spiro atoms. The monoisotopic (exact) mass is 343 g/mol. The van der Waals surface area contributed by atoms with E-state index >= 15 is 0 Å². The van der Waals surface area contributed by atoms with Crippen LogP contribution in [0.2, 0.25) is 0 Å². The molecule has 3 aromatic rings. The van der Waals surface area contributed by atoms with Crippen LogP contribution < -0.4 is 10.6 Å². The van der Waals surface area contributed by atoms with Crippen LogP contribution in [0.15, 0.2) is 72.4 Å². The highest BCUT2D eigenvalue weighted by Crippen LogP contribution is 2.32. The quantitative estimate of drug-likeness (QED) is 0.563.